The summed E-state index contributed by atoms with van der Waals surface area (Å²) in [7, 11) is 2.93. The molecular weight excluding hydrogens is 511 g/mol. The summed E-state index contributed by atoms with van der Waals surface area (Å²) in [5.74, 6) is -2.08. The number of methoxy groups -OCH3 is 1. The first-order valence-corrected chi connectivity index (χ1v) is 13.1. The van der Waals surface area contributed by atoms with Gasteiger partial charge in [0.15, 0.2) is 0 Å². The molecule has 39 heavy (non-hydrogen) atoms. The maximum absolute atomic E-state index is 13.9. The molecule has 1 saturated heterocycles. The largest absolute Gasteiger partial charge is 0.496 e. The number of piperidine rings is 1. The van der Waals surface area contributed by atoms with Crippen molar-refractivity contribution in [3.05, 3.63) is 59.2 Å². The highest BCUT2D eigenvalue weighted by molar-refractivity contribution is 5.97. The van der Waals surface area contributed by atoms with Crippen LogP contribution < -0.4 is 15.0 Å². The first kappa shape index (κ1) is 28.7. The fourth-order valence-corrected chi connectivity index (χ4v) is 5.42. The van der Waals surface area contributed by atoms with Gasteiger partial charge in [-0.05, 0) is 50.8 Å². The molecule has 2 aliphatic rings. The minimum atomic E-state index is -4.55. The molecule has 0 aliphatic carbocycles. The van der Waals surface area contributed by atoms with Crippen molar-refractivity contribution in [3.63, 3.8) is 0 Å². The molecule has 1 fully saturated rings. The van der Waals surface area contributed by atoms with E-state index in [4.69, 9.17) is 9.47 Å². The molecule has 2 amide bonds. The normalized spacial score (nSPS) is 21.9. The molecule has 2 heterocycles. The van der Waals surface area contributed by atoms with E-state index < -0.39 is 36.1 Å². The molecule has 0 saturated carbocycles. The zero-order valence-corrected chi connectivity index (χ0v) is 23.0. The van der Waals surface area contributed by atoms with E-state index in [0.29, 0.717) is 17.9 Å². The Morgan fingerprint density at radius 3 is 2.44 bits per heavy atom. The lowest BCUT2D eigenvalue weighted by Gasteiger charge is -2.42. The van der Waals surface area contributed by atoms with E-state index in [9.17, 15) is 22.8 Å². The van der Waals surface area contributed by atoms with Gasteiger partial charge >= 0.3 is 12.3 Å². The van der Waals surface area contributed by atoms with Gasteiger partial charge in [0.05, 0.1) is 24.8 Å². The lowest BCUT2D eigenvalue weighted by molar-refractivity contribution is -0.157. The van der Waals surface area contributed by atoms with Crippen LogP contribution in [-0.2, 0) is 16.1 Å². The van der Waals surface area contributed by atoms with Crippen molar-refractivity contribution in [2.45, 2.75) is 76.4 Å². The van der Waals surface area contributed by atoms with Gasteiger partial charge in [-0.1, -0.05) is 30.3 Å². The van der Waals surface area contributed by atoms with Gasteiger partial charge in [-0.15, -0.1) is 0 Å². The minimum absolute atomic E-state index is 0.0563. The third kappa shape index (κ3) is 6.32. The van der Waals surface area contributed by atoms with Gasteiger partial charge in [0.1, 0.15) is 11.4 Å². The lowest BCUT2D eigenvalue weighted by Crippen LogP contribution is -2.51. The van der Waals surface area contributed by atoms with E-state index in [-0.39, 0.29) is 29.9 Å². The smallest absolute Gasteiger partial charge is 0.410 e. The zero-order chi connectivity index (χ0) is 28.5. The van der Waals surface area contributed by atoms with Crippen molar-refractivity contribution in [3.8, 4) is 5.75 Å². The summed E-state index contributed by atoms with van der Waals surface area (Å²) >= 11 is 0. The third-order valence-electron chi connectivity index (χ3n) is 7.27. The number of nitrogens with zero attached hydrogens (tertiary/aromatic N) is 2. The number of nitrogens with one attached hydrogen (secondary N) is 1. The van der Waals surface area contributed by atoms with Crippen molar-refractivity contribution in [1.82, 2.24) is 10.2 Å². The van der Waals surface area contributed by atoms with Crippen LogP contribution in [0.1, 0.15) is 68.7 Å². The summed E-state index contributed by atoms with van der Waals surface area (Å²) in [4.78, 5) is 28.5. The van der Waals surface area contributed by atoms with Gasteiger partial charge in [0.2, 0.25) is 5.91 Å². The van der Waals surface area contributed by atoms with Gasteiger partial charge in [-0.2, -0.15) is 13.2 Å². The molecule has 2 aliphatic heterocycles. The first-order chi connectivity index (χ1) is 18.3. The number of hydrogen-bond donors (Lipinski definition) is 1. The van der Waals surface area contributed by atoms with E-state index in [1.165, 1.54) is 31.2 Å². The Bertz CT molecular complexity index is 1200. The standard InChI is InChI=1S/C29H36F3N3O4/c1-28(2,3)39-27(37)35-13-9-12-22(26(35)18-10-7-6-8-11-18)33-17-19-14-20-21(29(30,31)32)15-25(36)34(4)23(20)16-24(19)38-5/h6-8,10-11,14,16,21-22,26,33H,9,12-13,15,17H2,1-5H3. The molecule has 10 heteroatoms. The maximum Gasteiger partial charge on any atom is 0.410 e. The molecule has 7 nitrogen and oxygen atoms in total. The van der Waals surface area contributed by atoms with Gasteiger partial charge in [-0.25, -0.2) is 4.79 Å². The number of rotatable bonds is 5. The molecule has 0 bridgehead atoms. The first-order valence-electron chi connectivity index (χ1n) is 13.1. The highest BCUT2D eigenvalue weighted by atomic mass is 19.4. The number of anilines is 1. The minimum Gasteiger partial charge on any atom is -0.496 e. The molecule has 212 valence electrons. The summed E-state index contributed by atoms with van der Waals surface area (Å²) in [6.07, 6.45) is -4.09. The number of amides is 2. The Morgan fingerprint density at radius 2 is 1.82 bits per heavy atom. The van der Waals surface area contributed by atoms with Crippen LogP contribution in [0, 0.1) is 0 Å². The number of likely N-dealkylation sites (tertiary alicyclic amines) is 1. The molecule has 0 radical (unpaired) electrons. The van der Waals surface area contributed by atoms with Crippen molar-refractivity contribution < 1.29 is 32.2 Å². The van der Waals surface area contributed by atoms with Gasteiger partial charge in [0.25, 0.3) is 0 Å². The van der Waals surface area contributed by atoms with E-state index in [0.717, 1.165) is 18.4 Å². The number of carbonyl (C=O) groups excluding carboxylic acids is 2. The van der Waals surface area contributed by atoms with E-state index in [1.54, 1.807) is 4.90 Å². The highest BCUT2D eigenvalue weighted by Crippen LogP contribution is 2.47. The number of fused-ring (bicyclic) bond motifs is 1. The van der Waals surface area contributed by atoms with Crippen molar-refractivity contribution in [1.29, 1.82) is 0 Å². The SMILES string of the molecule is COc1cc2c(cc1CNC1CCCN(C(=O)OC(C)(C)C)C1c1ccccc1)C(C(F)(F)F)CC(=O)N2C. The van der Waals surface area contributed by atoms with E-state index >= 15 is 0 Å². The molecule has 3 atom stereocenters. The van der Waals surface area contributed by atoms with Gasteiger partial charge < -0.3 is 19.7 Å². The van der Waals surface area contributed by atoms with Crippen LogP contribution in [0.15, 0.2) is 42.5 Å². The third-order valence-corrected chi connectivity index (χ3v) is 7.27. The Hall–Kier alpha value is -3.27. The van der Waals surface area contributed by atoms with Crippen molar-refractivity contribution in [2.24, 2.45) is 0 Å². The summed E-state index contributed by atoms with van der Waals surface area (Å²) in [6.45, 7) is 6.22. The number of alkyl halides is 3. The van der Waals surface area contributed by atoms with Crippen LogP contribution >= 0.6 is 0 Å². The molecule has 0 aromatic heterocycles. The number of benzene rings is 2. The van der Waals surface area contributed by atoms with E-state index in [2.05, 4.69) is 5.32 Å². The molecule has 0 spiro atoms. The number of carbonyl (C=O) groups is 2. The highest BCUT2D eigenvalue weighted by Gasteiger charge is 2.47. The molecule has 2 aromatic carbocycles. The van der Waals surface area contributed by atoms with Crippen LogP contribution in [0.2, 0.25) is 0 Å². The van der Waals surface area contributed by atoms with Gasteiger partial charge in [0, 0.05) is 44.2 Å². The monoisotopic (exact) mass is 547 g/mol. The fourth-order valence-electron chi connectivity index (χ4n) is 5.42. The summed E-state index contributed by atoms with van der Waals surface area (Å²) in [5, 5.41) is 3.50. The molecule has 3 unspecified atom stereocenters. The van der Waals surface area contributed by atoms with Crippen LogP contribution in [0.4, 0.5) is 23.7 Å². The second-order valence-corrected chi connectivity index (χ2v) is 11.1. The second kappa shape index (κ2) is 11.1. The van der Waals surface area contributed by atoms with Crippen molar-refractivity contribution in [2.75, 3.05) is 25.6 Å². The average molecular weight is 548 g/mol. The number of ether oxygens (including phenoxy) is 2. The van der Waals surface area contributed by atoms with Crippen LogP contribution in [0.25, 0.3) is 0 Å². The van der Waals surface area contributed by atoms with Crippen LogP contribution in [0.5, 0.6) is 5.75 Å². The van der Waals surface area contributed by atoms with Gasteiger partial charge in [-0.3, -0.25) is 9.69 Å². The lowest BCUT2D eigenvalue weighted by atomic mass is 9.87. The predicted molar refractivity (Wildman–Crippen MR) is 142 cm³/mol. The number of hydrogen-bond acceptors (Lipinski definition) is 5. The van der Waals surface area contributed by atoms with E-state index in [1.807, 2.05) is 51.1 Å². The Balaban J connectivity index is 1.65. The predicted octanol–water partition coefficient (Wildman–Crippen LogP) is 5.94. The fraction of sp³-hybridized carbons (Fsp3) is 0.517. The average Bonchev–Trinajstić information content (AvgIpc) is 2.87. The zero-order valence-electron chi connectivity index (χ0n) is 23.0. The quantitative estimate of drug-likeness (QED) is 0.502. The van der Waals surface area contributed by atoms with Crippen molar-refractivity contribution >= 4 is 17.7 Å². The molecule has 2 aromatic rings. The molecule has 1 N–H and O–H groups in total. The molecular formula is C29H36F3N3O4. The topological polar surface area (TPSA) is 71.1 Å². The second-order valence-electron chi connectivity index (χ2n) is 11.1. The summed E-state index contributed by atoms with van der Waals surface area (Å²) in [5.41, 5.74) is 1.09. The summed E-state index contributed by atoms with van der Waals surface area (Å²) in [6, 6.07) is 12.1. The number of halogens is 3. The Kier molecular flexibility index (Phi) is 8.16. The van der Waals surface area contributed by atoms with Crippen LogP contribution in [-0.4, -0.2) is 55.4 Å². The Morgan fingerprint density at radius 1 is 1.13 bits per heavy atom. The molecule has 4 rings (SSSR count). The van der Waals surface area contributed by atoms with Crippen LogP contribution in [0.3, 0.4) is 0 Å². The maximum atomic E-state index is 13.9. The summed E-state index contributed by atoms with van der Waals surface area (Å²) < 4.78 is 53.0. The Labute approximate surface area is 227 Å².